The minimum atomic E-state index is -0.866. The van der Waals surface area contributed by atoms with Gasteiger partial charge in [-0.15, -0.1) is 0 Å². The van der Waals surface area contributed by atoms with E-state index in [0.717, 1.165) is 43.9 Å². The standard InChI is InChI=1S/C23H32F2O5/c24-16-8-12-20(25)15(13-16)7-9-17(26)10-11-19-18(21(27)14-22(19)28)5-3-1-2-4-6-23(29)30/h7-9,12-13,17-19,21-22,26-28H,1-6,10-11,14H2,(H,29,30)/b9-7+. The summed E-state index contributed by atoms with van der Waals surface area (Å²) in [6.07, 6.45) is 5.95. The van der Waals surface area contributed by atoms with E-state index >= 15 is 0 Å². The lowest BCUT2D eigenvalue weighted by molar-refractivity contribution is -0.137. The normalized spacial score (nSPS) is 25.1. The third-order valence-corrected chi connectivity index (χ3v) is 5.95. The highest BCUT2D eigenvalue weighted by Crippen LogP contribution is 2.39. The average Bonchev–Trinajstić information content (AvgIpc) is 2.95. The first-order chi connectivity index (χ1) is 14.3. The summed E-state index contributed by atoms with van der Waals surface area (Å²) in [6, 6.07) is 3.12. The molecule has 0 spiro atoms. The largest absolute Gasteiger partial charge is 0.481 e. The third-order valence-electron chi connectivity index (χ3n) is 5.95. The Kier molecular flexibility index (Phi) is 9.88. The molecule has 0 radical (unpaired) electrons. The molecule has 0 bridgehead atoms. The fourth-order valence-corrected chi connectivity index (χ4v) is 4.31. The van der Waals surface area contributed by atoms with Crippen molar-refractivity contribution in [3.8, 4) is 0 Å². The van der Waals surface area contributed by atoms with Gasteiger partial charge in [0, 0.05) is 12.0 Å². The Bertz CT molecular complexity index is 709. The average molecular weight is 427 g/mol. The summed E-state index contributed by atoms with van der Waals surface area (Å²) in [6.45, 7) is 0. The first-order valence-electron chi connectivity index (χ1n) is 10.7. The molecule has 2 rings (SSSR count). The smallest absolute Gasteiger partial charge is 0.303 e. The van der Waals surface area contributed by atoms with Gasteiger partial charge in [-0.2, -0.15) is 0 Å². The van der Waals surface area contributed by atoms with Crippen molar-refractivity contribution >= 4 is 12.0 Å². The van der Waals surface area contributed by atoms with Crippen LogP contribution in [0.4, 0.5) is 8.78 Å². The van der Waals surface area contributed by atoms with Gasteiger partial charge in [-0.1, -0.05) is 31.4 Å². The van der Waals surface area contributed by atoms with E-state index in [1.165, 1.54) is 12.2 Å². The molecule has 1 aliphatic rings. The quantitative estimate of drug-likeness (QED) is 0.380. The molecule has 1 aliphatic carbocycles. The highest BCUT2D eigenvalue weighted by Gasteiger charge is 2.40. The molecule has 7 heteroatoms. The second-order valence-corrected chi connectivity index (χ2v) is 8.21. The summed E-state index contributed by atoms with van der Waals surface area (Å²) in [7, 11) is 0. The zero-order valence-electron chi connectivity index (χ0n) is 17.1. The van der Waals surface area contributed by atoms with Crippen LogP contribution in [0.25, 0.3) is 6.08 Å². The van der Waals surface area contributed by atoms with Crippen molar-refractivity contribution in [1.82, 2.24) is 0 Å². The molecule has 30 heavy (non-hydrogen) atoms. The monoisotopic (exact) mass is 426 g/mol. The molecule has 168 valence electrons. The molecule has 0 aromatic heterocycles. The SMILES string of the molecule is O=C(O)CCCCCCC1C(O)CC(O)C1CCC(O)/C=C/c1cc(F)ccc1F. The summed E-state index contributed by atoms with van der Waals surface area (Å²) >= 11 is 0. The number of aliphatic hydroxyl groups is 3. The van der Waals surface area contributed by atoms with Crippen LogP contribution in [0.5, 0.6) is 0 Å². The molecule has 1 fully saturated rings. The van der Waals surface area contributed by atoms with Crippen LogP contribution in [-0.4, -0.2) is 44.7 Å². The summed E-state index contributed by atoms with van der Waals surface area (Å²) in [5.41, 5.74) is 0.0612. The van der Waals surface area contributed by atoms with Crippen LogP contribution in [0, 0.1) is 23.5 Å². The molecule has 5 atom stereocenters. The van der Waals surface area contributed by atoms with Crippen LogP contribution in [0.2, 0.25) is 0 Å². The molecule has 1 aromatic carbocycles. The first kappa shape index (κ1) is 24.4. The van der Waals surface area contributed by atoms with Crippen molar-refractivity contribution in [1.29, 1.82) is 0 Å². The number of hydrogen-bond acceptors (Lipinski definition) is 4. The molecule has 1 aromatic rings. The number of aliphatic hydroxyl groups excluding tert-OH is 3. The summed E-state index contributed by atoms with van der Waals surface area (Å²) in [5, 5.41) is 39.4. The van der Waals surface area contributed by atoms with Crippen LogP contribution in [0.1, 0.15) is 63.4 Å². The molecule has 0 heterocycles. The van der Waals surface area contributed by atoms with E-state index in [0.29, 0.717) is 25.7 Å². The van der Waals surface area contributed by atoms with Crippen molar-refractivity contribution in [2.75, 3.05) is 0 Å². The first-order valence-corrected chi connectivity index (χ1v) is 10.7. The van der Waals surface area contributed by atoms with Gasteiger partial charge >= 0.3 is 5.97 Å². The zero-order valence-corrected chi connectivity index (χ0v) is 17.1. The van der Waals surface area contributed by atoms with Crippen LogP contribution in [-0.2, 0) is 4.79 Å². The Labute approximate surface area is 176 Å². The fraction of sp³-hybridized carbons (Fsp3) is 0.609. The van der Waals surface area contributed by atoms with Gasteiger partial charge in [-0.3, -0.25) is 4.79 Å². The van der Waals surface area contributed by atoms with Gasteiger partial charge in [-0.25, -0.2) is 8.78 Å². The number of rotatable bonds is 12. The van der Waals surface area contributed by atoms with Crippen LogP contribution >= 0.6 is 0 Å². The molecule has 5 unspecified atom stereocenters. The Morgan fingerprint density at radius 1 is 1.07 bits per heavy atom. The number of hydrogen-bond donors (Lipinski definition) is 4. The van der Waals surface area contributed by atoms with Crippen molar-refractivity contribution in [2.45, 2.75) is 76.1 Å². The lowest BCUT2D eigenvalue weighted by atomic mass is 9.85. The van der Waals surface area contributed by atoms with Crippen LogP contribution < -0.4 is 0 Å². The second kappa shape index (κ2) is 12.1. The number of aliphatic carboxylic acids is 1. The van der Waals surface area contributed by atoms with E-state index in [1.807, 2.05) is 0 Å². The van der Waals surface area contributed by atoms with Gasteiger partial charge in [0.15, 0.2) is 0 Å². The van der Waals surface area contributed by atoms with Gasteiger partial charge in [0.05, 0.1) is 18.3 Å². The summed E-state index contributed by atoms with van der Waals surface area (Å²) < 4.78 is 26.9. The Morgan fingerprint density at radius 2 is 1.73 bits per heavy atom. The van der Waals surface area contributed by atoms with Crippen LogP contribution in [0.15, 0.2) is 24.3 Å². The minimum Gasteiger partial charge on any atom is -0.481 e. The molecule has 0 amide bonds. The van der Waals surface area contributed by atoms with Crippen LogP contribution in [0.3, 0.4) is 0 Å². The maximum atomic E-state index is 13.6. The summed E-state index contributed by atoms with van der Waals surface area (Å²) in [5.74, 6) is -2.11. The van der Waals surface area contributed by atoms with E-state index in [4.69, 9.17) is 5.11 Å². The maximum absolute atomic E-state index is 13.6. The fourth-order valence-electron chi connectivity index (χ4n) is 4.31. The number of carboxylic acid groups (broad SMARTS) is 1. The molecule has 0 saturated heterocycles. The van der Waals surface area contributed by atoms with E-state index in [2.05, 4.69) is 0 Å². The molecular weight excluding hydrogens is 394 g/mol. The van der Waals surface area contributed by atoms with Crippen molar-refractivity contribution in [2.24, 2.45) is 11.8 Å². The van der Waals surface area contributed by atoms with Crippen molar-refractivity contribution < 1.29 is 34.0 Å². The predicted molar refractivity (Wildman–Crippen MR) is 110 cm³/mol. The molecule has 0 aliphatic heterocycles. The highest BCUT2D eigenvalue weighted by molar-refractivity contribution is 5.66. The number of carboxylic acids is 1. The number of carbonyl (C=O) groups is 1. The molecule has 1 saturated carbocycles. The minimum absolute atomic E-state index is 0.0590. The number of benzene rings is 1. The molecular formula is C23H32F2O5. The zero-order chi connectivity index (χ0) is 22.1. The van der Waals surface area contributed by atoms with Gasteiger partial charge in [0.2, 0.25) is 0 Å². The highest BCUT2D eigenvalue weighted by atomic mass is 19.1. The lowest BCUT2D eigenvalue weighted by Gasteiger charge is -2.24. The van der Waals surface area contributed by atoms with Gasteiger partial charge in [0.25, 0.3) is 0 Å². The van der Waals surface area contributed by atoms with Gasteiger partial charge in [0.1, 0.15) is 11.6 Å². The topological polar surface area (TPSA) is 98.0 Å². The number of unbranched alkanes of at least 4 members (excludes halogenated alkanes) is 3. The van der Waals surface area contributed by atoms with Gasteiger partial charge < -0.3 is 20.4 Å². The third kappa shape index (κ3) is 7.78. The lowest BCUT2D eigenvalue weighted by Crippen LogP contribution is -2.23. The maximum Gasteiger partial charge on any atom is 0.303 e. The van der Waals surface area contributed by atoms with Crippen molar-refractivity contribution in [3.63, 3.8) is 0 Å². The second-order valence-electron chi connectivity index (χ2n) is 8.21. The van der Waals surface area contributed by atoms with Gasteiger partial charge in [-0.05, 0) is 62.1 Å². The Balaban J connectivity index is 1.80. The van der Waals surface area contributed by atoms with Crippen molar-refractivity contribution in [3.05, 3.63) is 41.5 Å². The Hall–Kier alpha value is -1.83. The molecule has 4 N–H and O–H groups in total. The van der Waals surface area contributed by atoms with E-state index in [9.17, 15) is 28.9 Å². The predicted octanol–water partition coefficient (Wildman–Crippen LogP) is 3.90. The Morgan fingerprint density at radius 3 is 2.43 bits per heavy atom. The van der Waals surface area contributed by atoms with E-state index in [-0.39, 0.29) is 23.8 Å². The number of halogens is 2. The van der Waals surface area contributed by atoms with E-state index in [1.54, 1.807) is 0 Å². The van der Waals surface area contributed by atoms with E-state index < -0.39 is 35.9 Å². The summed E-state index contributed by atoms with van der Waals surface area (Å²) in [4.78, 5) is 10.5. The molecule has 5 nitrogen and oxygen atoms in total.